The molecule has 0 saturated carbocycles. The monoisotopic (exact) mass is 434 g/mol. The summed E-state index contributed by atoms with van der Waals surface area (Å²) in [7, 11) is 0. The fraction of sp³-hybridized carbons (Fsp3) is 0.0476. The molecule has 0 unspecified atom stereocenters. The smallest absolute Gasteiger partial charge is 0.417 e. The number of nitrogens with one attached hydrogen (secondary N) is 1. The van der Waals surface area contributed by atoms with Crippen LogP contribution in [0.2, 0.25) is 5.02 Å². The van der Waals surface area contributed by atoms with Crippen molar-refractivity contribution in [2.45, 2.75) is 6.18 Å². The highest BCUT2D eigenvalue weighted by Crippen LogP contribution is 2.36. The number of carbonyl (C=O) groups excluding carboxylic acids is 1. The largest absolute Gasteiger partial charge is 0.457 e. The third-order valence-electron chi connectivity index (χ3n) is 3.92. The van der Waals surface area contributed by atoms with Crippen LogP contribution >= 0.6 is 11.6 Å². The maximum Gasteiger partial charge on any atom is 0.417 e. The molecule has 9 heteroatoms. The van der Waals surface area contributed by atoms with Gasteiger partial charge in [-0.25, -0.2) is 4.39 Å². The van der Waals surface area contributed by atoms with Gasteiger partial charge in [-0.1, -0.05) is 23.7 Å². The van der Waals surface area contributed by atoms with Gasteiger partial charge in [0.15, 0.2) is 0 Å². The molecule has 3 aromatic rings. The van der Waals surface area contributed by atoms with E-state index in [2.05, 4.69) is 5.32 Å². The molecule has 0 radical (unpaired) electrons. The lowest BCUT2D eigenvalue weighted by Gasteiger charge is -2.10. The van der Waals surface area contributed by atoms with Crippen LogP contribution < -0.4 is 5.32 Å². The Balaban J connectivity index is 1.79. The van der Waals surface area contributed by atoms with Crippen LogP contribution in [-0.4, -0.2) is 5.91 Å². The zero-order valence-corrected chi connectivity index (χ0v) is 15.7. The summed E-state index contributed by atoms with van der Waals surface area (Å²) in [6, 6.07) is 13.1. The van der Waals surface area contributed by atoms with Crippen molar-refractivity contribution in [2.75, 3.05) is 5.32 Å². The van der Waals surface area contributed by atoms with Crippen molar-refractivity contribution in [3.63, 3.8) is 0 Å². The van der Waals surface area contributed by atoms with Crippen LogP contribution in [0.4, 0.5) is 23.2 Å². The van der Waals surface area contributed by atoms with Gasteiger partial charge in [-0.3, -0.25) is 4.79 Å². The second-order valence-electron chi connectivity index (χ2n) is 6.03. The summed E-state index contributed by atoms with van der Waals surface area (Å²) < 4.78 is 57.1. The molecule has 3 rings (SSSR count). The number of furan rings is 1. The van der Waals surface area contributed by atoms with Gasteiger partial charge in [0.25, 0.3) is 5.91 Å². The topological polar surface area (TPSA) is 66.0 Å². The first-order valence-electron chi connectivity index (χ1n) is 8.33. The molecule has 1 amide bonds. The number of anilines is 1. The van der Waals surface area contributed by atoms with Crippen molar-refractivity contribution >= 4 is 29.3 Å². The summed E-state index contributed by atoms with van der Waals surface area (Å²) in [5.74, 6) is -0.829. The van der Waals surface area contributed by atoms with E-state index in [4.69, 9.17) is 16.0 Å². The number of hydrogen-bond acceptors (Lipinski definition) is 3. The van der Waals surface area contributed by atoms with Crippen molar-refractivity contribution in [3.8, 4) is 17.4 Å². The molecule has 1 aromatic heterocycles. The number of halogens is 5. The van der Waals surface area contributed by atoms with Crippen LogP contribution in [0.25, 0.3) is 17.4 Å². The second kappa shape index (κ2) is 8.43. The van der Waals surface area contributed by atoms with Crippen LogP contribution in [0.15, 0.2) is 64.6 Å². The van der Waals surface area contributed by atoms with Crippen molar-refractivity contribution in [1.82, 2.24) is 0 Å². The standard InChI is InChI=1S/C21H11ClF4N2O2/c22-18-10-15(4-6-17(18)21(24,25)26)28-20(29)13(11-27)9-16-5-7-19(30-16)12-2-1-3-14(23)8-12/h1-10H,(H,28,29)/b13-9+. The molecular formula is C21H11ClF4N2O2. The summed E-state index contributed by atoms with van der Waals surface area (Å²) in [6.45, 7) is 0. The molecule has 0 bridgehead atoms. The third-order valence-corrected chi connectivity index (χ3v) is 4.23. The number of alkyl halides is 3. The Bertz CT molecular complexity index is 1180. The minimum absolute atomic E-state index is 0.0148. The Morgan fingerprint density at radius 3 is 2.53 bits per heavy atom. The van der Waals surface area contributed by atoms with Gasteiger partial charge in [0.1, 0.15) is 29.0 Å². The summed E-state index contributed by atoms with van der Waals surface area (Å²) in [6.07, 6.45) is -3.47. The molecule has 1 N–H and O–H groups in total. The third kappa shape index (κ3) is 4.88. The zero-order chi connectivity index (χ0) is 21.9. The normalized spacial score (nSPS) is 11.8. The van der Waals surface area contributed by atoms with Crippen LogP contribution in [0.1, 0.15) is 11.3 Å². The van der Waals surface area contributed by atoms with Crippen LogP contribution in [0, 0.1) is 17.1 Å². The van der Waals surface area contributed by atoms with Crippen LogP contribution in [0.3, 0.4) is 0 Å². The Morgan fingerprint density at radius 2 is 1.90 bits per heavy atom. The average Bonchev–Trinajstić information content (AvgIpc) is 3.13. The maximum absolute atomic E-state index is 13.3. The lowest BCUT2D eigenvalue weighted by molar-refractivity contribution is -0.137. The Morgan fingerprint density at radius 1 is 1.13 bits per heavy atom. The van der Waals surface area contributed by atoms with Crippen molar-refractivity contribution < 1.29 is 26.8 Å². The molecule has 0 aliphatic carbocycles. The number of hydrogen-bond donors (Lipinski definition) is 1. The number of benzene rings is 2. The highest BCUT2D eigenvalue weighted by Gasteiger charge is 2.33. The fourth-order valence-corrected chi connectivity index (χ4v) is 2.83. The first-order valence-corrected chi connectivity index (χ1v) is 8.71. The summed E-state index contributed by atoms with van der Waals surface area (Å²) >= 11 is 5.62. The van der Waals surface area contributed by atoms with Gasteiger partial charge in [-0.15, -0.1) is 0 Å². The van der Waals surface area contributed by atoms with E-state index in [1.807, 2.05) is 0 Å². The molecule has 0 aliphatic heterocycles. The number of nitrogens with zero attached hydrogens (tertiary/aromatic N) is 1. The van der Waals surface area contributed by atoms with Gasteiger partial charge in [-0.05, 0) is 42.5 Å². The molecule has 0 spiro atoms. The molecule has 0 saturated heterocycles. The van der Waals surface area contributed by atoms with E-state index in [0.29, 0.717) is 11.3 Å². The van der Waals surface area contributed by atoms with Gasteiger partial charge < -0.3 is 9.73 Å². The predicted octanol–water partition coefficient (Wildman–Crippen LogP) is 6.30. The highest BCUT2D eigenvalue weighted by atomic mass is 35.5. The molecule has 0 atom stereocenters. The number of carbonyl (C=O) groups is 1. The molecule has 0 fully saturated rings. The average molecular weight is 435 g/mol. The molecule has 30 heavy (non-hydrogen) atoms. The van der Waals surface area contributed by atoms with E-state index in [-0.39, 0.29) is 17.0 Å². The lowest BCUT2D eigenvalue weighted by atomic mass is 10.1. The quantitative estimate of drug-likeness (QED) is 0.297. The Labute approximate surface area is 173 Å². The van der Waals surface area contributed by atoms with Crippen LogP contribution in [0.5, 0.6) is 0 Å². The highest BCUT2D eigenvalue weighted by molar-refractivity contribution is 6.31. The Kier molecular flexibility index (Phi) is 5.94. The van der Waals surface area contributed by atoms with E-state index >= 15 is 0 Å². The maximum atomic E-state index is 13.3. The molecule has 152 valence electrons. The van der Waals surface area contributed by atoms with Gasteiger partial charge in [0.05, 0.1) is 10.6 Å². The first-order chi connectivity index (χ1) is 14.2. The second-order valence-corrected chi connectivity index (χ2v) is 6.44. The number of rotatable bonds is 4. The molecule has 4 nitrogen and oxygen atoms in total. The first kappa shape index (κ1) is 21.1. The minimum Gasteiger partial charge on any atom is -0.457 e. The van der Waals surface area contributed by atoms with E-state index in [9.17, 15) is 27.6 Å². The van der Waals surface area contributed by atoms with E-state index in [1.54, 1.807) is 18.2 Å². The molecule has 2 aromatic carbocycles. The molecule has 0 aliphatic rings. The summed E-state index contributed by atoms with van der Waals surface area (Å²) in [4.78, 5) is 12.3. The summed E-state index contributed by atoms with van der Waals surface area (Å²) in [5.41, 5.74) is -0.944. The zero-order valence-electron chi connectivity index (χ0n) is 14.9. The van der Waals surface area contributed by atoms with Gasteiger partial charge >= 0.3 is 6.18 Å². The minimum atomic E-state index is -4.63. The molecule has 1 heterocycles. The summed E-state index contributed by atoms with van der Waals surface area (Å²) in [5, 5.41) is 11.0. The SMILES string of the molecule is N#C/C(=C\c1ccc(-c2cccc(F)c2)o1)C(=O)Nc1ccc(C(F)(F)F)c(Cl)c1. The van der Waals surface area contributed by atoms with Gasteiger partial charge in [-0.2, -0.15) is 18.4 Å². The number of nitriles is 1. The van der Waals surface area contributed by atoms with Gasteiger partial charge in [0.2, 0.25) is 0 Å². The lowest BCUT2D eigenvalue weighted by Crippen LogP contribution is -2.14. The van der Waals surface area contributed by atoms with Crippen molar-refractivity contribution in [3.05, 3.63) is 82.3 Å². The predicted molar refractivity (Wildman–Crippen MR) is 103 cm³/mol. The van der Waals surface area contributed by atoms with E-state index in [0.717, 1.165) is 24.3 Å². The van der Waals surface area contributed by atoms with Gasteiger partial charge in [0, 0.05) is 17.3 Å². The van der Waals surface area contributed by atoms with Crippen LogP contribution in [-0.2, 0) is 11.0 Å². The molecular weight excluding hydrogens is 424 g/mol. The van der Waals surface area contributed by atoms with Crippen molar-refractivity contribution in [1.29, 1.82) is 5.26 Å². The van der Waals surface area contributed by atoms with E-state index in [1.165, 1.54) is 24.3 Å². The van der Waals surface area contributed by atoms with Crippen molar-refractivity contribution in [2.24, 2.45) is 0 Å². The fourth-order valence-electron chi connectivity index (χ4n) is 2.54. The van der Waals surface area contributed by atoms with E-state index < -0.39 is 28.5 Å². The Hall–Kier alpha value is -3.57. The number of amides is 1.